The molecular weight excluding hydrogens is 292 g/mol. The van der Waals surface area contributed by atoms with Crippen LogP contribution >= 0.6 is 0 Å². The van der Waals surface area contributed by atoms with Crippen LogP contribution in [0.1, 0.15) is 6.42 Å². The molecule has 2 aromatic rings. The molecule has 2 heterocycles. The minimum Gasteiger partial charge on any atom is -0.497 e. The van der Waals surface area contributed by atoms with Crippen molar-refractivity contribution in [1.29, 1.82) is 0 Å². The topological polar surface area (TPSA) is 66.5 Å². The molecule has 0 saturated carbocycles. The van der Waals surface area contributed by atoms with Crippen LogP contribution < -0.4 is 20.3 Å². The fourth-order valence-corrected chi connectivity index (χ4v) is 2.68. The number of amides is 2. The van der Waals surface area contributed by atoms with Crippen LogP contribution in [0, 0.1) is 0 Å². The highest BCUT2D eigenvalue weighted by Crippen LogP contribution is 2.18. The van der Waals surface area contributed by atoms with Crippen molar-refractivity contribution in [3.63, 3.8) is 0 Å². The molecule has 23 heavy (non-hydrogen) atoms. The average molecular weight is 312 g/mol. The van der Waals surface area contributed by atoms with Gasteiger partial charge in [-0.05, 0) is 30.7 Å². The predicted octanol–water partition coefficient (Wildman–Crippen LogP) is 2.49. The number of hydrogen-bond acceptors (Lipinski definition) is 4. The molecule has 1 aliphatic rings. The lowest BCUT2D eigenvalue weighted by Crippen LogP contribution is -2.39. The van der Waals surface area contributed by atoms with Crippen LogP contribution in [0.3, 0.4) is 0 Å². The molecule has 1 aromatic heterocycles. The lowest BCUT2D eigenvalue weighted by Gasteiger charge is -2.18. The lowest BCUT2D eigenvalue weighted by molar-refractivity contribution is 0.249. The lowest BCUT2D eigenvalue weighted by atomic mass is 10.2. The molecule has 2 N–H and O–H groups in total. The Labute approximate surface area is 135 Å². The first-order valence-electron chi connectivity index (χ1n) is 7.62. The summed E-state index contributed by atoms with van der Waals surface area (Å²) in [5, 5.41) is 5.84. The van der Waals surface area contributed by atoms with E-state index in [4.69, 9.17) is 4.74 Å². The van der Waals surface area contributed by atoms with Gasteiger partial charge in [-0.2, -0.15) is 0 Å². The van der Waals surface area contributed by atoms with Gasteiger partial charge < -0.3 is 20.3 Å². The number of anilines is 2. The normalized spacial score (nSPS) is 16.9. The van der Waals surface area contributed by atoms with Crippen LogP contribution in [0.15, 0.2) is 48.7 Å². The van der Waals surface area contributed by atoms with Crippen molar-refractivity contribution in [2.24, 2.45) is 0 Å². The Hall–Kier alpha value is -2.76. The molecule has 0 spiro atoms. The number of pyridine rings is 1. The number of rotatable bonds is 4. The average Bonchev–Trinajstić information content (AvgIpc) is 3.04. The Morgan fingerprint density at radius 1 is 1.30 bits per heavy atom. The van der Waals surface area contributed by atoms with Gasteiger partial charge in [-0.15, -0.1) is 0 Å². The molecule has 1 atom stereocenters. The number of methoxy groups -OCH3 is 1. The van der Waals surface area contributed by atoms with Crippen LogP contribution in [-0.4, -0.2) is 37.3 Å². The van der Waals surface area contributed by atoms with Crippen molar-refractivity contribution in [1.82, 2.24) is 10.3 Å². The fraction of sp³-hybridized carbons (Fsp3) is 0.294. The van der Waals surface area contributed by atoms with E-state index in [1.165, 1.54) is 0 Å². The molecule has 3 rings (SSSR count). The second-order valence-electron chi connectivity index (χ2n) is 5.45. The molecule has 6 nitrogen and oxygen atoms in total. The molecule has 120 valence electrons. The van der Waals surface area contributed by atoms with Crippen molar-refractivity contribution in [3.05, 3.63) is 48.7 Å². The van der Waals surface area contributed by atoms with Crippen molar-refractivity contribution in [3.8, 4) is 5.75 Å². The quantitative estimate of drug-likeness (QED) is 0.910. The van der Waals surface area contributed by atoms with E-state index in [1.807, 2.05) is 36.4 Å². The summed E-state index contributed by atoms with van der Waals surface area (Å²) in [5.41, 5.74) is 0.710. The number of ether oxygens (including phenoxy) is 1. The number of carbonyl (C=O) groups excluding carboxylic acids is 1. The van der Waals surface area contributed by atoms with E-state index in [9.17, 15) is 4.79 Å². The van der Waals surface area contributed by atoms with Gasteiger partial charge in [0, 0.05) is 37.1 Å². The van der Waals surface area contributed by atoms with Gasteiger partial charge in [0.25, 0.3) is 0 Å². The summed E-state index contributed by atoms with van der Waals surface area (Å²) in [6.45, 7) is 1.66. The van der Waals surface area contributed by atoms with Gasteiger partial charge in [0.2, 0.25) is 0 Å². The summed E-state index contributed by atoms with van der Waals surface area (Å²) < 4.78 is 5.15. The minimum absolute atomic E-state index is 0.114. The summed E-state index contributed by atoms with van der Waals surface area (Å²) in [5.74, 6) is 1.66. The standard InChI is InChI=1S/C17H20N4O2/c1-23-15-6-4-5-13(11-15)19-17(22)20-14-8-10-21(12-14)16-7-2-3-9-18-16/h2-7,9,11,14H,8,10,12H2,1H3,(H2,19,20,22). The van der Waals surface area contributed by atoms with E-state index < -0.39 is 0 Å². The maximum Gasteiger partial charge on any atom is 0.319 e. The van der Waals surface area contributed by atoms with Crippen LogP contribution in [0.5, 0.6) is 5.75 Å². The van der Waals surface area contributed by atoms with E-state index in [-0.39, 0.29) is 12.1 Å². The Morgan fingerprint density at radius 2 is 2.22 bits per heavy atom. The van der Waals surface area contributed by atoms with Crippen molar-refractivity contribution in [2.45, 2.75) is 12.5 Å². The monoisotopic (exact) mass is 312 g/mol. The SMILES string of the molecule is COc1cccc(NC(=O)NC2CCN(c3ccccn3)C2)c1. The summed E-state index contributed by atoms with van der Waals surface area (Å²) in [7, 11) is 1.60. The third-order valence-corrected chi connectivity index (χ3v) is 3.82. The molecule has 1 aromatic carbocycles. The number of hydrogen-bond donors (Lipinski definition) is 2. The molecule has 6 heteroatoms. The van der Waals surface area contributed by atoms with Gasteiger partial charge in [0.1, 0.15) is 11.6 Å². The summed E-state index contributed by atoms with van der Waals surface area (Å²) in [6, 6.07) is 13.1. The van der Waals surface area contributed by atoms with E-state index in [1.54, 1.807) is 19.4 Å². The first kappa shape index (κ1) is 15.1. The molecule has 1 unspecified atom stereocenters. The second kappa shape index (κ2) is 7.00. The zero-order chi connectivity index (χ0) is 16.1. The van der Waals surface area contributed by atoms with Gasteiger partial charge >= 0.3 is 6.03 Å². The maximum absolute atomic E-state index is 12.1. The molecule has 1 fully saturated rings. The molecule has 2 amide bonds. The van der Waals surface area contributed by atoms with E-state index in [0.29, 0.717) is 11.4 Å². The zero-order valence-electron chi connectivity index (χ0n) is 13.0. The van der Waals surface area contributed by atoms with Gasteiger partial charge in [0.05, 0.1) is 7.11 Å². The number of nitrogens with zero attached hydrogens (tertiary/aromatic N) is 2. The summed E-state index contributed by atoms with van der Waals surface area (Å²) in [6.07, 6.45) is 2.69. The van der Waals surface area contributed by atoms with Gasteiger partial charge in [0.15, 0.2) is 0 Å². The van der Waals surface area contributed by atoms with Crippen LogP contribution in [0.2, 0.25) is 0 Å². The second-order valence-corrected chi connectivity index (χ2v) is 5.45. The Morgan fingerprint density at radius 3 is 3.00 bits per heavy atom. The number of nitrogens with one attached hydrogen (secondary N) is 2. The molecule has 1 aliphatic heterocycles. The molecule has 0 radical (unpaired) electrons. The van der Waals surface area contributed by atoms with Gasteiger partial charge in [-0.3, -0.25) is 0 Å². The van der Waals surface area contributed by atoms with Crippen molar-refractivity contribution < 1.29 is 9.53 Å². The van der Waals surface area contributed by atoms with Crippen LogP contribution in [0.4, 0.5) is 16.3 Å². The summed E-state index contributed by atoms with van der Waals surface area (Å²) >= 11 is 0. The first-order chi connectivity index (χ1) is 11.2. The highest BCUT2D eigenvalue weighted by atomic mass is 16.5. The molecular formula is C17H20N4O2. The van der Waals surface area contributed by atoms with Crippen LogP contribution in [-0.2, 0) is 0 Å². The van der Waals surface area contributed by atoms with E-state index >= 15 is 0 Å². The minimum atomic E-state index is -0.203. The van der Waals surface area contributed by atoms with Gasteiger partial charge in [-0.25, -0.2) is 9.78 Å². The van der Waals surface area contributed by atoms with Crippen molar-refractivity contribution >= 4 is 17.5 Å². The Kier molecular flexibility index (Phi) is 4.61. The maximum atomic E-state index is 12.1. The zero-order valence-corrected chi connectivity index (χ0v) is 13.0. The fourth-order valence-electron chi connectivity index (χ4n) is 2.68. The third kappa shape index (κ3) is 3.91. The predicted molar refractivity (Wildman–Crippen MR) is 90.0 cm³/mol. The first-order valence-corrected chi connectivity index (χ1v) is 7.62. The van der Waals surface area contributed by atoms with Crippen LogP contribution in [0.25, 0.3) is 0 Å². The number of benzene rings is 1. The van der Waals surface area contributed by atoms with Crippen molar-refractivity contribution in [2.75, 3.05) is 30.4 Å². The number of carbonyl (C=O) groups is 1. The largest absolute Gasteiger partial charge is 0.497 e. The Bertz CT molecular complexity index is 663. The Balaban J connectivity index is 1.53. The number of urea groups is 1. The van der Waals surface area contributed by atoms with Gasteiger partial charge in [-0.1, -0.05) is 12.1 Å². The van der Waals surface area contributed by atoms with E-state index in [2.05, 4.69) is 20.5 Å². The summed E-state index contributed by atoms with van der Waals surface area (Å²) in [4.78, 5) is 18.6. The highest BCUT2D eigenvalue weighted by Gasteiger charge is 2.24. The smallest absolute Gasteiger partial charge is 0.319 e. The third-order valence-electron chi connectivity index (χ3n) is 3.82. The number of aromatic nitrogens is 1. The highest BCUT2D eigenvalue weighted by molar-refractivity contribution is 5.89. The van der Waals surface area contributed by atoms with E-state index in [0.717, 1.165) is 25.3 Å². The molecule has 0 bridgehead atoms. The molecule has 1 saturated heterocycles. The molecule has 0 aliphatic carbocycles.